The Hall–Kier alpha value is -4.46. The maximum absolute atomic E-state index is 13.3. The molecule has 0 saturated carbocycles. The van der Waals surface area contributed by atoms with Crippen LogP contribution in [0.2, 0.25) is 0 Å². The number of hydrazine groups is 1. The van der Waals surface area contributed by atoms with Gasteiger partial charge in [-0.25, -0.2) is 9.91 Å². The van der Waals surface area contributed by atoms with Crippen LogP contribution >= 0.6 is 0 Å². The first-order chi connectivity index (χ1) is 16.5. The van der Waals surface area contributed by atoms with Gasteiger partial charge >= 0.3 is 0 Å². The molecule has 1 fully saturated rings. The normalized spacial score (nSPS) is 15.2. The smallest absolute Gasteiger partial charge is 0.269 e. The van der Waals surface area contributed by atoms with E-state index in [-0.39, 0.29) is 18.4 Å². The Balaban J connectivity index is 1.61. The maximum atomic E-state index is 13.3. The lowest BCUT2D eigenvalue weighted by Gasteiger charge is -2.28. The summed E-state index contributed by atoms with van der Waals surface area (Å²) in [5.74, 6) is -1.54. The second-order valence-electron chi connectivity index (χ2n) is 7.72. The average Bonchev–Trinajstić information content (AvgIpc) is 3.16. The van der Waals surface area contributed by atoms with Crippen molar-refractivity contribution >= 4 is 29.3 Å². The number of carbonyl (C=O) groups excluding carboxylic acids is 4. The van der Waals surface area contributed by atoms with Crippen LogP contribution in [0.1, 0.15) is 22.3 Å². The number of benzene rings is 3. The van der Waals surface area contributed by atoms with Gasteiger partial charge in [0.25, 0.3) is 11.8 Å². The van der Waals surface area contributed by atoms with Crippen LogP contribution in [-0.2, 0) is 20.8 Å². The summed E-state index contributed by atoms with van der Waals surface area (Å²) in [5.41, 5.74) is 3.96. The molecule has 8 heteroatoms. The van der Waals surface area contributed by atoms with Crippen molar-refractivity contribution in [1.29, 1.82) is 0 Å². The van der Waals surface area contributed by atoms with Crippen LogP contribution in [0.3, 0.4) is 0 Å². The molecule has 34 heavy (non-hydrogen) atoms. The lowest BCUT2D eigenvalue weighted by molar-refractivity contribution is -0.140. The number of nitrogens with one attached hydrogen (secondary N) is 1. The molecule has 4 amide bonds. The van der Waals surface area contributed by atoms with Crippen molar-refractivity contribution in [3.63, 3.8) is 0 Å². The molecule has 0 radical (unpaired) electrons. The molecule has 4 rings (SSSR count). The van der Waals surface area contributed by atoms with Crippen LogP contribution in [-0.4, -0.2) is 41.8 Å². The molecule has 1 aliphatic heterocycles. The first kappa shape index (κ1) is 22.7. The minimum atomic E-state index is -1.16. The summed E-state index contributed by atoms with van der Waals surface area (Å²) in [6, 6.07) is 22.6. The molecule has 1 heterocycles. The minimum absolute atomic E-state index is 0.0486. The third-order valence-corrected chi connectivity index (χ3v) is 5.49. The number of rotatable bonds is 6. The van der Waals surface area contributed by atoms with Gasteiger partial charge in [0.05, 0.1) is 25.6 Å². The molecule has 0 spiro atoms. The van der Waals surface area contributed by atoms with E-state index in [1.165, 1.54) is 7.11 Å². The highest BCUT2D eigenvalue weighted by Crippen LogP contribution is 2.25. The summed E-state index contributed by atoms with van der Waals surface area (Å²) in [6.07, 6.45) is -0.288. The van der Waals surface area contributed by atoms with Crippen LogP contribution in [0.25, 0.3) is 0 Å². The number of ether oxygens (including phenoxy) is 1. The van der Waals surface area contributed by atoms with Gasteiger partial charge in [-0.15, -0.1) is 0 Å². The molecule has 8 nitrogen and oxygen atoms in total. The number of nitrogens with zero attached hydrogens (tertiary/aromatic N) is 2. The first-order valence-electron chi connectivity index (χ1n) is 10.7. The largest absolute Gasteiger partial charge is 0.497 e. The number of hydrogen-bond donors (Lipinski definition) is 1. The van der Waals surface area contributed by atoms with E-state index >= 15 is 0 Å². The van der Waals surface area contributed by atoms with Gasteiger partial charge in [-0.3, -0.25) is 24.6 Å². The average molecular weight is 457 g/mol. The highest BCUT2D eigenvalue weighted by molar-refractivity contribution is 6.23. The molecule has 0 aliphatic carbocycles. The van der Waals surface area contributed by atoms with Crippen molar-refractivity contribution in [2.45, 2.75) is 18.9 Å². The van der Waals surface area contributed by atoms with Gasteiger partial charge in [0.1, 0.15) is 11.8 Å². The second kappa shape index (κ2) is 9.99. The summed E-state index contributed by atoms with van der Waals surface area (Å²) in [5, 5.41) is 0.989. The lowest BCUT2D eigenvalue weighted by atomic mass is 10.1. The Bertz CT molecular complexity index is 1200. The molecule has 1 atom stereocenters. The van der Waals surface area contributed by atoms with Crippen molar-refractivity contribution in [2.24, 2.45) is 0 Å². The number of carbonyl (C=O) groups is 4. The van der Waals surface area contributed by atoms with E-state index in [0.717, 1.165) is 9.91 Å². The number of anilines is 1. The Morgan fingerprint density at radius 2 is 1.56 bits per heavy atom. The van der Waals surface area contributed by atoms with Gasteiger partial charge in [-0.05, 0) is 42.0 Å². The zero-order valence-electron chi connectivity index (χ0n) is 18.5. The van der Waals surface area contributed by atoms with Crippen LogP contribution in [0, 0.1) is 0 Å². The fourth-order valence-electron chi connectivity index (χ4n) is 3.75. The topological polar surface area (TPSA) is 96.0 Å². The third-order valence-electron chi connectivity index (χ3n) is 5.49. The monoisotopic (exact) mass is 457 g/mol. The zero-order valence-corrected chi connectivity index (χ0v) is 18.5. The van der Waals surface area contributed by atoms with Crippen molar-refractivity contribution in [3.05, 3.63) is 96.1 Å². The van der Waals surface area contributed by atoms with E-state index in [2.05, 4.69) is 5.43 Å². The Kier molecular flexibility index (Phi) is 6.68. The third kappa shape index (κ3) is 4.80. The van der Waals surface area contributed by atoms with E-state index in [1.807, 2.05) is 6.07 Å². The second-order valence-corrected chi connectivity index (χ2v) is 7.72. The Morgan fingerprint density at radius 1 is 0.941 bits per heavy atom. The minimum Gasteiger partial charge on any atom is -0.497 e. The van der Waals surface area contributed by atoms with Gasteiger partial charge in [0, 0.05) is 5.56 Å². The molecule has 0 aromatic heterocycles. The van der Waals surface area contributed by atoms with Gasteiger partial charge in [0.2, 0.25) is 11.8 Å². The fraction of sp³-hybridized carbons (Fsp3) is 0.154. The standard InChI is InChI=1S/C26H23N3O5/c1-34-21-14-12-19(13-15-21)25(32)27-29(24(31)16-18-8-4-2-5-9-18)22-17-23(30)28(26(22)33)20-10-6-3-7-11-20/h2-15,22H,16-17H2,1H3,(H,27,32). The van der Waals surface area contributed by atoms with Gasteiger partial charge in [0.15, 0.2) is 0 Å². The SMILES string of the molecule is COc1ccc(C(=O)NN(C(=O)Cc2ccccc2)C2CC(=O)N(c3ccccc3)C2=O)cc1. The van der Waals surface area contributed by atoms with Gasteiger partial charge in [-0.2, -0.15) is 0 Å². The predicted molar refractivity (Wildman–Crippen MR) is 125 cm³/mol. The lowest BCUT2D eigenvalue weighted by Crippen LogP contribution is -2.55. The highest BCUT2D eigenvalue weighted by Gasteiger charge is 2.45. The quantitative estimate of drug-likeness (QED) is 0.454. The Labute approximate surface area is 196 Å². The summed E-state index contributed by atoms with van der Waals surface area (Å²) in [6.45, 7) is 0. The first-order valence-corrected chi connectivity index (χ1v) is 10.7. The number of amides is 4. The van der Waals surface area contributed by atoms with E-state index in [9.17, 15) is 19.2 Å². The zero-order chi connectivity index (χ0) is 24.1. The molecule has 3 aromatic rings. The number of para-hydroxylation sites is 1. The molecule has 172 valence electrons. The number of methoxy groups -OCH3 is 1. The van der Waals surface area contributed by atoms with Gasteiger partial charge < -0.3 is 4.74 Å². The fourth-order valence-corrected chi connectivity index (χ4v) is 3.75. The van der Waals surface area contributed by atoms with E-state index in [1.54, 1.807) is 78.9 Å². The van der Waals surface area contributed by atoms with E-state index < -0.39 is 29.7 Å². The van der Waals surface area contributed by atoms with E-state index in [0.29, 0.717) is 17.0 Å². The van der Waals surface area contributed by atoms with Crippen LogP contribution < -0.4 is 15.1 Å². The predicted octanol–water partition coefficient (Wildman–Crippen LogP) is 2.74. The molecule has 1 aliphatic rings. The van der Waals surface area contributed by atoms with Crippen LogP contribution in [0.4, 0.5) is 5.69 Å². The van der Waals surface area contributed by atoms with Crippen molar-refractivity contribution < 1.29 is 23.9 Å². The molecule has 1 saturated heterocycles. The Morgan fingerprint density at radius 3 is 2.18 bits per heavy atom. The molecule has 1 N–H and O–H groups in total. The molecule has 3 aromatic carbocycles. The highest BCUT2D eigenvalue weighted by atomic mass is 16.5. The van der Waals surface area contributed by atoms with Crippen LogP contribution in [0.15, 0.2) is 84.9 Å². The molecule has 1 unspecified atom stereocenters. The van der Waals surface area contributed by atoms with Gasteiger partial charge in [-0.1, -0.05) is 48.5 Å². The van der Waals surface area contributed by atoms with Crippen molar-refractivity contribution in [3.8, 4) is 5.75 Å². The number of hydrogen-bond acceptors (Lipinski definition) is 5. The summed E-state index contributed by atoms with van der Waals surface area (Å²) >= 11 is 0. The summed E-state index contributed by atoms with van der Waals surface area (Å²) in [7, 11) is 1.51. The van der Waals surface area contributed by atoms with Crippen molar-refractivity contribution in [2.75, 3.05) is 12.0 Å². The van der Waals surface area contributed by atoms with E-state index in [4.69, 9.17) is 4.74 Å². The summed E-state index contributed by atoms with van der Waals surface area (Å²) in [4.78, 5) is 53.3. The summed E-state index contributed by atoms with van der Waals surface area (Å²) < 4.78 is 5.11. The molecular formula is C26H23N3O5. The van der Waals surface area contributed by atoms with Crippen LogP contribution in [0.5, 0.6) is 5.75 Å². The molecular weight excluding hydrogens is 434 g/mol. The van der Waals surface area contributed by atoms with Crippen molar-refractivity contribution in [1.82, 2.24) is 10.4 Å². The molecule has 0 bridgehead atoms. The number of imide groups is 1. The maximum Gasteiger partial charge on any atom is 0.269 e.